The Morgan fingerprint density at radius 2 is 1.44 bits per heavy atom. The van der Waals surface area contributed by atoms with Crippen molar-refractivity contribution in [1.82, 2.24) is 15.5 Å². The van der Waals surface area contributed by atoms with Gasteiger partial charge in [0.15, 0.2) is 0 Å². The predicted octanol–water partition coefficient (Wildman–Crippen LogP) is 5.09. The van der Waals surface area contributed by atoms with Crippen molar-refractivity contribution in [3.63, 3.8) is 0 Å². The fourth-order valence-electron chi connectivity index (χ4n) is 5.37. The molecule has 3 amide bonds. The van der Waals surface area contributed by atoms with Crippen molar-refractivity contribution >= 4 is 23.7 Å². The molecule has 1 aromatic carbocycles. The molecule has 1 aliphatic heterocycles. The summed E-state index contributed by atoms with van der Waals surface area (Å²) in [4.78, 5) is 51.2. The summed E-state index contributed by atoms with van der Waals surface area (Å²) in [6.07, 6.45) is 17.9. The molecule has 0 aromatic heterocycles. The van der Waals surface area contributed by atoms with Crippen LogP contribution in [0.5, 0.6) is 5.75 Å². The number of aliphatic carboxylic acids is 1. The first-order valence-corrected chi connectivity index (χ1v) is 15.7. The van der Waals surface area contributed by atoms with Gasteiger partial charge < -0.3 is 25.7 Å². The second-order valence-corrected chi connectivity index (χ2v) is 11.3. The van der Waals surface area contributed by atoms with Crippen LogP contribution < -0.4 is 10.6 Å². The Kier molecular flexibility index (Phi) is 16.5. The molecule has 230 valence electrons. The Morgan fingerprint density at radius 3 is 2.00 bits per heavy atom. The summed E-state index contributed by atoms with van der Waals surface area (Å²) in [5, 5.41) is 23.9. The van der Waals surface area contributed by atoms with Crippen LogP contribution in [0.2, 0.25) is 0 Å². The van der Waals surface area contributed by atoms with Gasteiger partial charge in [-0.1, -0.05) is 96.1 Å². The third kappa shape index (κ3) is 13.9. The van der Waals surface area contributed by atoms with Gasteiger partial charge in [-0.2, -0.15) is 0 Å². The zero-order valence-electron chi connectivity index (χ0n) is 24.9. The fourth-order valence-corrected chi connectivity index (χ4v) is 5.37. The molecule has 1 saturated heterocycles. The predicted molar refractivity (Wildman–Crippen MR) is 159 cm³/mol. The Labute approximate surface area is 245 Å². The summed E-state index contributed by atoms with van der Waals surface area (Å²) in [6.45, 7) is 2.42. The monoisotopic (exact) mass is 573 g/mol. The van der Waals surface area contributed by atoms with E-state index in [0.717, 1.165) is 25.7 Å². The van der Waals surface area contributed by atoms with Crippen LogP contribution in [0.25, 0.3) is 0 Å². The minimum absolute atomic E-state index is 0.0185. The molecule has 0 aliphatic carbocycles. The van der Waals surface area contributed by atoms with Gasteiger partial charge in [-0.3, -0.25) is 14.4 Å². The van der Waals surface area contributed by atoms with Crippen LogP contribution in [0.15, 0.2) is 24.3 Å². The molecule has 4 N–H and O–H groups in total. The number of hydrogen-bond acceptors (Lipinski definition) is 5. The lowest BCUT2D eigenvalue weighted by Crippen LogP contribution is -2.50. The summed E-state index contributed by atoms with van der Waals surface area (Å²) >= 11 is 0. The molecule has 0 bridgehead atoms. The number of aromatic hydroxyl groups is 1. The molecule has 9 heteroatoms. The van der Waals surface area contributed by atoms with Crippen molar-refractivity contribution in [2.24, 2.45) is 0 Å². The van der Waals surface area contributed by atoms with E-state index in [9.17, 15) is 29.4 Å². The van der Waals surface area contributed by atoms with Crippen molar-refractivity contribution in [2.45, 2.75) is 128 Å². The average molecular weight is 574 g/mol. The van der Waals surface area contributed by atoms with Gasteiger partial charge >= 0.3 is 5.97 Å². The van der Waals surface area contributed by atoms with Crippen molar-refractivity contribution in [1.29, 1.82) is 0 Å². The van der Waals surface area contributed by atoms with Gasteiger partial charge in [-0.25, -0.2) is 4.79 Å². The van der Waals surface area contributed by atoms with E-state index < -0.39 is 24.0 Å². The first-order valence-electron chi connectivity index (χ1n) is 15.7. The zero-order valence-corrected chi connectivity index (χ0v) is 24.9. The van der Waals surface area contributed by atoms with Gasteiger partial charge in [-0.15, -0.1) is 0 Å². The van der Waals surface area contributed by atoms with Crippen molar-refractivity contribution in [3.05, 3.63) is 29.8 Å². The van der Waals surface area contributed by atoms with E-state index in [1.165, 1.54) is 76.3 Å². The average Bonchev–Trinajstić information content (AvgIpc) is 3.45. The Hall–Kier alpha value is -3.10. The number of hydrogen-bond donors (Lipinski definition) is 4. The number of benzene rings is 1. The maximum Gasteiger partial charge on any atom is 0.326 e. The molecular weight excluding hydrogens is 522 g/mol. The van der Waals surface area contributed by atoms with Crippen LogP contribution in [0.4, 0.5) is 0 Å². The minimum atomic E-state index is -1.20. The fraction of sp³-hybridized carbons (Fsp3) is 0.688. The topological polar surface area (TPSA) is 136 Å². The molecule has 0 saturated carbocycles. The number of carboxylic acids is 1. The molecule has 0 spiro atoms. The number of rotatable bonds is 21. The highest BCUT2D eigenvalue weighted by molar-refractivity contribution is 5.92. The van der Waals surface area contributed by atoms with Crippen LogP contribution in [-0.2, 0) is 25.6 Å². The van der Waals surface area contributed by atoms with Crippen LogP contribution in [-0.4, -0.2) is 64.0 Å². The van der Waals surface area contributed by atoms with Crippen LogP contribution in [0, 0.1) is 0 Å². The molecular formula is C32H51N3O6. The highest BCUT2D eigenvalue weighted by Crippen LogP contribution is 2.20. The normalized spacial score (nSPS) is 15.4. The lowest BCUT2D eigenvalue weighted by Gasteiger charge is -2.24. The number of likely N-dealkylation sites (tertiary alicyclic amines) is 1. The van der Waals surface area contributed by atoms with Gasteiger partial charge in [0.05, 0.1) is 6.54 Å². The van der Waals surface area contributed by atoms with Crippen LogP contribution >= 0.6 is 0 Å². The first kappa shape index (κ1) is 34.1. The van der Waals surface area contributed by atoms with E-state index in [4.69, 9.17) is 0 Å². The van der Waals surface area contributed by atoms with E-state index in [0.29, 0.717) is 24.9 Å². The first-order chi connectivity index (χ1) is 19.8. The van der Waals surface area contributed by atoms with Gasteiger partial charge in [0, 0.05) is 19.4 Å². The van der Waals surface area contributed by atoms with Gasteiger partial charge in [0.1, 0.15) is 17.8 Å². The third-order valence-electron chi connectivity index (χ3n) is 7.80. The molecule has 1 aromatic rings. The van der Waals surface area contributed by atoms with Crippen molar-refractivity contribution in [2.75, 3.05) is 13.1 Å². The standard InChI is InChI=1S/C32H51N3O6/c1-2-3-4-5-6-7-8-9-10-11-12-13-14-17-30(38)35-22-15-16-28(35)31(39)33-24-29(37)34-27(32(40)41)23-25-18-20-26(36)21-19-25/h18-21,27-28,36H,2-17,22-24H2,1H3,(H,33,39)(H,34,37)(H,40,41)/t27-,28-/m0/s1. The number of unbranched alkanes of at least 4 members (excludes halogenated alkanes) is 12. The molecule has 0 radical (unpaired) electrons. The maximum absolute atomic E-state index is 12.8. The summed E-state index contributed by atoms with van der Waals surface area (Å²) < 4.78 is 0. The summed E-state index contributed by atoms with van der Waals surface area (Å²) in [5.74, 6) is -2.15. The number of phenols is 1. The number of nitrogens with zero attached hydrogens (tertiary/aromatic N) is 1. The smallest absolute Gasteiger partial charge is 0.326 e. The van der Waals surface area contributed by atoms with E-state index in [2.05, 4.69) is 17.6 Å². The molecule has 2 atom stereocenters. The molecule has 1 heterocycles. The molecule has 1 aliphatic rings. The molecule has 0 unspecified atom stereocenters. The van der Waals surface area contributed by atoms with Gasteiger partial charge in [0.25, 0.3) is 0 Å². The summed E-state index contributed by atoms with van der Waals surface area (Å²) in [6, 6.07) is 4.30. The minimum Gasteiger partial charge on any atom is -0.508 e. The number of carboxylic acid groups (broad SMARTS) is 1. The van der Waals surface area contributed by atoms with Gasteiger partial charge in [0.2, 0.25) is 17.7 Å². The van der Waals surface area contributed by atoms with Crippen molar-refractivity contribution < 1.29 is 29.4 Å². The number of nitrogens with one attached hydrogen (secondary N) is 2. The van der Waals surface area contributed by atoms with E-state index in [1.54, 1.807) is 17.0 Å². The summed E-state index contributed by atoms with van der Waals surface area (Å²) in [5.41, 5.74) is 0.642. The molecule has 41 heavy (non-hydrogen) atoms. The third-order valence-corrected chi connectivity index (χ3v) is 7.80. The zero-order chi connectivity index (χ0) is 29.9. The molecule has 9 nitrogen and oxygen atoms in total. The second-order valence-electron chi connectivity index (χ2n) is 11.3. The SMILES string of the molecule is CCCCCCCCCCCCCCCC(=O)N1CCC[C@H]1C(=O)NCC(=O)N[C@@H](Cc1ccc(O)cc1)C(=O)O. The second kappa shape index (κ2) is 19.9. The summed E-state index contributed by atoms with van der Waals surface area (Å²) in [7, 11) is 0. The number of carbonyl (C=O) groups is 4. The lowest BCUT2D eigenvalue weighted by atomic mass is 10.0. The highest BCUT2D eigenvalue weighted by Gasteiger charge is 2.33. The lowest BCUT2D eigenvalue weighted by molar-refractivity contribution is -0.142. The number of amides is 3. The number of carbonyl (C=O) groups excluding carboxylic acids is 3. The van der Waals surface area contributed by atoms with Crippen LogP contribution in [0.3, 0.4) is 0 Å². The molecule has 1 fully saturated rings. The Bertz CT molecular complexity index is 936. The van der Waals surface area contributed by atoms with E-state index in [1.807, 2.05) is 0 Å². The quantitative estimate of drug-likeness (QED) is 0.151. The van der Waals surface area contributed by atoms with Gasteiger partial charge in [-0.05, 0) is 37.0 Å². The van der Waals surface area contributed by atoms with Crippen LogP contribution in [0.1, 0.15) is 115 Å². The highest BCUT2D eigenvalue weighted by atomic mass is 16.4. The van der Waals surface area contributed by atoms with E-state index >= 15 is 0 Å². The largest absolute Gasteiger partial charge is 0.508 e. The Balaban J connectivity index is 1.61. The molecule has 2 rings (SSSR count). The van der Waals surface area contributed by atoms with E-state index in [-0.39, 0.29) is 30.5 Å². The maximum atomic E-state index is 12.8. The Morgan fingerprint density at radius 1 is 0.878 bits per heavy atom. The van der Waals surface area contributed by atoms with Crippen molar-refractivity contribution in [3.8, 4) is 5.75 Å². The number of phenolic OH excluding ortho intramolecular Hbond substituents is 1.